The third-order valence-electron chi connectivity index (χ3n) is 3.67. The molecule has 0 spiro atoms. The summed E-state index contributed by atoms with van der Waals surface area (Å²) < 4.78 is 0.947. The van der Waals surface area contributed by atoms with Crippen molar-refractivity contribution in [1.82, 2.24) is 4.90 Å². The maximum atomic E-state index is 12.4. The smallest absolute Gasteiger partial charge is 0.257 e. The lowest BCUT2D eigenvalue weighted by Gasteiger charge is -2.33. The Bertz CT molecular complexity index is 471. The summed E-state index contributed by atoms with van der Waals surface area (Å²) >= 11 is 8.24. The fraction of sp³-hybridized carbons (Fsp3) is 0.500. The van der Waals surface area contributed by atoms with Gasteiger partial charge in [-0.15, -0.1) is 11.6 Å². The molecule has 1 heterocycles. The van der Waals surface area contributed by atoms with Crippen molar-refractivity contribution in [3.05, 3.63) is 27.3 Å². The number of phenolic OH excluding ortho intramolecular Hbond substituents is 1. The van der Waals surface area contributed by atoms with Crippen molar-refractivity contribution in [3.8, 4) is 5.75 Å². The first-order chi connectivity index (χ1) is 8.99. The summed E-state index contributed by atoms with van der Waals surface area (Å²) in [6, 6.07) is 5.09. The second-order valence-corrected chi connectivity index (χ2v) is 6.90. The first-order valence-electron chi connectivity index (χ1n) is 6.41. The van der Waals surface area contributed by atoms with E-state index in [1.807, 2.05) is 6.92 Å². The number of hydrogen-bond acceptors (Lipinski definition) is 2. The molecule has 5 heteroatoms. The number of nitrogens with zero attached hydrogens (tertiary/aromatic N) is 1. The maximum Gasteiger partial charge on any atom is 0.257 e. The molecule has 2 rings (SSSR count). The molecule has 1 aromatic carbocycles. The average Bonchev–Trinajstić information content (AvgIpc) is 2.41. The van der Waals surface area contributed by atoms with Crippen molar-refractivity contribution < 1.29 is 9.90 Å². The Kier molecular flexibility index (Phi) is 4.95. The third-order valence-corrected chi connectivity index (χ3v) is 4.69. The minimum absolute atomic E-state index is 0.0539. The summed E-state index contributed by atoms with van der Waals surface area (Å²) in [4.78, 5) is 14.2. The van der Waals surface area contributed by atoms with E-state index in [1.165, 1.54) is 0 Å². The topological polar surface area (TPSA) is 40.5 Å². The number of amides is 1. The van der Waals surface area contributed by atoms with Gasteiger partial charge in [-0.2, -0.15) is 0 Å². The van der Waals surface area contributed by atoms with Crippen LogP contribution in [0.25, 0.3) is 0 Å². The lowest BCUT2D eigenvalue weighted by molar-refractivity contribution is 0.0687. The number of hydrogen-bond donors (Lipinski definition) is 1. The molecule has 0 bridgehead atoms. The van der Waals surface area contributed by atoms with Crippen LogP contribution < -0.4 is 0 Å². The first-order valence-corrected chi connectivity index (χ1v) is 7.92. The zero-order valence-electron chi connectivity index (χ0n) is 10.8. The Balaban J connectivity index is 2.07. The predicted molar refractivity (Wildman–Crippen MR) is 84.8 cm³/mol. The van der Waals surface area contributed by atoms with Crippen LogP contribution in [0.2, 0.25) is 0 Å². The van der Waals surface area contributed by atoms with E-state index in [9.17, 15) is 9.90 Å². The van der Waals surface area contributed by atoms with Crippen LogP contribution in [0, 0.1) is 9.49 Å². The Morgan fingerprint density at radius 1 is 1.47 bits per heavy atom. The molecule has 1 saturated heterocycles. The number of benzene rings is 1. The zero-order valence-corrected chi connectivity index (χ0v) is 13.7. The average molecular weight is 394 g/mol. The van der Waals surface area contributed by atoms with Crippen molar-refractivity contribution in [2.45, 2.75) is 25.1 Å². The van der Waals surface area contributed by atoms with Crippen LogP contribution in [0.1, 0.15) is 30.1 Å². The molecule has 1 aromatic rings. The molecular weight excluding hydrogens is 377 g/mol. The summed E-state index contributed by atoms with van der Waals surface area (Å²) in [7, 11) is 0. The molecule has 104 valence electrons. The van der Waals surface area contributed by atoms with E-state index in [0.29, 0.717) is 24.6 Å². The maximum absolute atomic E-state index is 12.4. The van der Waals surface area contributed by atoms with Crippen molar-refractivity contribution in [1.29, 1.82) is 0 Å². The lowest BCUT2D eigenvalue weighted by Crippen LogP contribution is -2.40. The number of halogens is 2. The van der Waals surface area contributed by atoms with Gasteiger partial charge in [0.2, 0.25) is 0 Å². The predicted octanol–water partition coefficient (Wildman–Crippen LogP) is 3.48. The van der Waals surface area contributed by atoms with Gasteiger partial charge in [0.05, 0.1) is 5.56 Å². The van der Waals surface area contributed by atoms with Gasteiger partial charge < -0.3 is 10.0 Å². The molecule has 1 fully saturated rings. The van der Waals surface area contributed by atoms with Gasteiger partial charge in [0.25, 0.3) is 5.91 Å². The Labute approximate surface area is 132 Å². The highest BCUT2D eigenvalue weighted by atomic mass is 127. The molecule has 3 nitrogen and oxygen atoms in total. The third kappa shape index (κ3) is 3.54. The number of aromatic hydroxyl groups is 1. The Hall–Kier alpha value is -0.490. The number of rotatable bonds is 2. The van der Waals surface area contributed by atoms with Crippen molar-refractivity contribution in [3.63, 3.8) is 0 Å². The van der Waals surface area contributed by atoms with E-state index in [2.05, 4.69) is 22.6 Å². The van der Waals surface area contributed by atoms with E-state index in [-0.39, 0.29) is 17.0 Å². The normalized spacial score (nSPS) is 18.4. The van der Waals surface area contributed by atoms with Gasteiger partial charge >= 0.3 is 0 Å². The fourth-order valence-electron chi connectivity index (χ4n) is 2.41. The quantitative estimate of drug-likeness (QED) is 0.617. The van der Waals surface area contributed by atoms with E-state index < -0.39 is 0 Å². The highest BCUT2D eigenvalue weighted by molar-refractivity contribution is 14.1. The molecule has 0 radical (unpaired) electrons. The zero-order chi connectivity index (χ0) is 14.0. The molecule has 0 saturated carbocycles. The number of alkyl halides is 1. The molecule has 1 amide bonds. The second kappa shape index (κ2) is 6.31. The van der Waals surface area contributed by atoms with Crippen LogP contribution in [0.3, 0.4) is 0 Å². The highest BCUT2D eigenvalue weighted by Crippen LogP contribution is 2.27. The summed E-state index contributed by atoms with van der Waals surface area (Å²) in [5, 5.41) is 9.96. The van der Waals surface area contributed by atoms with E-state index in [0.717, 1.165) is 16.4 Å². The standard InChI is InChI=1S/C14H17ClINO2/c1-9(15)10-4-6-17(7-5-10)14(19)12-8-11(16)2-3-13(12)18/h2-3,8-10,18H,4-7H2,1H3. The Morgan fingerprint density at radius 3 is 2.68 bits per heavy atom. The second-order valence-electron chi connectivity index (χ2n) is 4.97. The number of likely N-dealkylation sites (tertiary alicyclic amines) is 1. The van der Waals surface area contributed by atoms with Crippen LogP contribution in [-0.2, 0) is 0 Å². The van der Waals surface area contributed by atoms with Crippen molar-refractivity contribution >= 4 is 40.1 Å². The van der Waals surface area contributed by atoms with Crippen LogP contribution in [0.4, 0.5) is 0 Å². The van der Waals surface area contributed by atoms with Gasteiger partial charge in [0.15, 0.2) is 0 Å². The summed E-state index contributed by atoms with van der Waals surface area (Å²) in [5.74, 6) is 0.449. The van der Waals surface area contributed by atoms with Crippen molar-refractivity contribution in [2.24, 2.45) is 5.92 Å². The van der Waals surface area contributed by atoms with Gasteiger partial charge in [-0.1, -0.05) is 0 Å². The molecular formula is C14H17ClINO2. The molecule has 1 N–H and O–H groups in total. The van der Waals surface area contributed by atoms with E-state index >= 15 is 0 Å². The molecule has 1 aliphatic heterocycles. The van der Waals surface area contributed by atoms with Gasteiger partial charge in [-0.25, -0.2) is 0 Å². The SMILES string of the molecule is CC(Cl)C1CCN(C(=O)c2cc(I)ccc2O)CC1. The fourth-order valence-corrected chi connectivity index (χ4v) is 3.15. The molecule has 1 atom stereocenters. The van der Waals surface area contributed by atoms with Crippen LogP contribution in [0.15, 0.2) is 18.2 Å². The highest BCUT2D eigenvalue weighted by Gasteiger charge is 2.27. The van der Waals surface area contributed by atoms with Gasteiger partial charge in [0, 0.05) is 22.0 Å². The number of phenols is 1. The molecule has 1 aliphatic rings. The van der Waals surface area contributed by atoms with Gasteiger partial charge in [0.1, 0.15) is 5.75 Å². The number of piperidine rings is 1. The van der Waals surface area contributed by atoms with E-state index in [4.69, 9.17) is 11.6 Å². The molecule has 0 aromatic heterocycles. The van der Waals surface area contributed by atoms with E-state index in [1.54, 1.807) is 23.1 Å². The van der Waals surface area contributed by atoms with Crippen LogP contribution in [0.5, 0.6) is 5.75 Å². The molecule has 1 unspecified atom stereocenters. The first kappa shape index (κ1) is 14.9. The minimum Gasteiger partial charge on any atom is -0.507 e. The van der Waals surface area contributed by atoms with Gasteiger partial charge in [-0.3, -0.25) is 4.79 Å². The van der Waals surface area contributed by atoms with Gasteiger partial charge in [-0.05, 0) is 66.5 Å². The summed E-state index contributed by atoms with van der Waals surface area (Å²) in [6.07, 6.45) is 1.86. The van der Waals surface area contributed by atoms with Crippen LogP contribution >= 0.6 is 34.2 Å². The lowest BCUT2D eigenvalue weighted by atomic mass is 9.93. The molecule has 0 aliphatic carbocycles. The largest absolute Gasteiger partial charge is 0.507 e. The van der Waals surface area contributed by atoms with Crippen LogP contribution in [-0.4, -0.2) is 34.4 Å². The number of carbonyl (C=O) groups is 1. The number of carbonyl (C=O) groups excluding carboxylic acids is 1. The monoisotopic (exact) mass is 393 g/mol. The minimum atomic E-state index is -0.0864. The summed E-state index contributed by atoms with van der Waals surface area (Å²) in [5.41, 5.74) is 0.393. The Morgan fingerprint density at radius 2 is 2.11 bits per heavy atom. The molecule has 19 heavy (non-hydrogen) atoms. The summed E-state index contributed by atoms with van der Waals surface area (Å²) in [6.45, 7) is 3.44. The van der Waals surface area contributed by atoms with Crippen molar-refractivity contribution in [2.75, 3.05) is 13.1 Å².